The number of aryl methyl sites for hydroxylation is 1. The summed E-state index contributed by atoms with van der Waals surface area (Å²) in [5, 5.41) is 3.76. The van der Waals surface area contributed by atoms with Crippen molar-refractivity contribution in [2.45, 2.75) is 6.92 Å². The average molecular weight is 424 g/mol. The number of piperazine rings is 1. The minimum Gasteiger partial charge on any atom is -0.345 e. The summed E-state index contributed by atoms with van der Waals surface area (Å²) < 4.78 is 0. The fraction of sp³-hybridized carbons (Fsp3) is 0.217. The van der Waals surface area contributed by atoms with Crippen LogP contribution >= 0.6 is 22.9 Å². The Labute approximate surface area is 180 Å². The monoisotopic (exact) mass is 423 g/mol. The maximum absolute atomic E-state index is 12.5. The number of amides is 1. The van der Waals surface area contributed by atoms with Gasteiger partial charge < -0.3 is 9.80 Å². The average Bonchev–Trinajstić information content (AvgIpc) is 3.24. The number of rotatable bonds is 4. The Hall–Kier alpha value is -2.63. The lowest BCUT2D eigenvalue weighted by Gasteiger charge is -2.34. The third-order valence-corrected chi connectivity index (χ3v) is 6.26. The minimum atomic E-state index is 0.0176. The lowest BCUT2D eigenvalue weighted by Crippen LogP contribution is -2.48. The van der Waals surface area contributed by atoms with Crippen molar-refractivity contribution >= 4 is 40.1 Å². The van der Waals surface area contributed by atoms with Gasteiger partial charge >= 0.3 is 0 Å². The smallest absolute Gasteiger partial charge is 0.246 e. The van der Waals surface area contributed by atoms with Gasteiger partial charge in [-0.15, -0.1) is 11.3 Å². The molecule has 4 nitrogen and oxygen atoms in total. The molecule has 1 aliphatic heterocycles. The van der Waals surface area contributed by atoms with E-state index in [0.717, 1.165) is 35.0 Å². The van der Waals surface area contributed by atoms with Gasteiger partial charge in [0.15, 0.2) is 5.13 Å². The van der Waals surface area contributed by atoms with Crippen LogP contribution in [0.15, 0.2) is 60.0 Å². The van der Waals surface area contributed by atoms with Gasteiger partial charge in [0.05, 0.1) is 5.69 Å². The molecule has 1 saturated heterocycles. The summed E-state index contributed by atoms with van der Waals surface area (Å²) in [4.78, 5) is 21.4. The van der Waals surface area contributed by atoms with Crippen LogP contribution in [0.3, 0.4) is 0 Å². The highest BCUT2D eigenvalue weighted by molar-refractivity contribution is 7.14. The number of aromatic nitrogens is 1. The van der Waals surface area contributed by atoms with E-state index in [4.69, 9.17) is 16.6 Å². The van der Waals surface area contributed by atoms with E-state index in [1.54, 1.807) is 23.5 Å². The van der Waals surface area contributed by atoms with E-state index in [0.29, 0.717) is 18.1 Å². The number of carbonyl (C=O) groups excluding carboxylic acids is 1. The summed E-state index contributed by atoms with van der Waals surface area (Å²) in [7, 11) is 0. The van der Waals surface area contributed by atoms with Crippen LogP contribution in [0, 0.1) is 6.92 Å². The lowest BCUT2D eigenvalue weighted by atomic mass is 10.1. The molecule has 3 aromatic rings. The van der Waals surface area contributed by atoms with E-state index in [1.165, 1.54) is 5.56 Å². The van der Waals surface area contributed by atoms with Gasteiger partial charge in [0.25, 0.3) is 0 Å². The van der Waals surface area contributed by atoms with E-state index >= 15 is 0 Å². The van der Waals surface area contributed by atoms with Gasteiger partial charge in [-0.2, -0.15) is 0 Å². The van der Waals surface area contributed by atoms with E-state index in [1.807, 2.05) is 29.2 Å². The molecule has 6 heteroatoms. The van der Waals surface area contributed by atoms with E-state index in [9.17, 15) is 4.79 Å². The summed E-state index contributed by atoms with van der Waals surface area (Å²) in [6.45, 7) is 5.02. The molecule has 4 rings (SSSR count). The highest BCUT2D eigenvalue weighted by atomic mass is 35.5. The zero-order valence-electron chi connectivity index (χ0n) is 16.2. The fourth-order valence-corrected chi connectivity index (χ4v) is 4.35. The SMILES string of the molecule is Cc1ccc(-c2csc(N3CCN(C(=O)/C=C/c4ccccc4Cl)CC3)n2)cc1. The van der Waals surface area contributed by atoms with Crippen LogP contribution in [0.2, 0.25) is 5.02 Å². The molecule has 1 fully saturated rings. The maximum atomic E-state index is 12.5. The number of anilines is 1. The van der Waals surface area contributed by atoms with Gasteiger partial charge in [-0.05, 0) is 24.6 Å². The van der Waals surface area contributed by atoms with Crippen LogP contribution < -0.4 is 4.90 Å². The number of hydrogen-bond acceptors (Lipinski definition) is 4. The molecule has 2 aromatic carbocycles. The predicted octanol–water partition coefficient (Wildman–Crippen LogP) is 5.13. The molecule has 29 heavy (non-hydrogen) atoms. The number of nitrogens with zero attached hydrogens (tertiary/aromatic N) is 3. The van der Waals surface area contributed by atoms with Crippen molar-refractivity contribution < 1.29 is 4.79 Å². The number of hydrogen-bond donors (Lipinski definition) is 0. The molecule has 148 valence electrons. The molecule has 0 N–H and O–H groups in total. The second-order valence-electron chi connectivity index (χ2n) is 7.05. The molecule has 0 saturated carbocycles. The first-order chi connectivity index (χ1) is 14.1. The normalized spacial score (nSPS) is 14.6. The summed E-state index contributed by atoms with van der Waals surface area (Å²) >= 11 is 7.80. The minimum absolute atomic E-state index is 0.0176. The molecule has 0 spiro atoms. The molecule has 0 bridgehead atoms. The molecule has 1 aliphatic rings. The zero-order valence-corrected chi connectivity index (χ0v) is 17.8. The van der Waals surface area contributed by atoms with Crippen LogP contribution in [-0.4, -0.2) is 42.0 Å². The second kappa shape index (κ2) is 8.80. The predicted molar refractivity (Wildman–Crippen MR) is 122 cm³/mol. The molecule has 1 amide bonds. The molecular formula is C23H22ClN3OS. The van der Waals surface area contributed by atoms with Crippen molar-refractivity contribution in [3.8, 4) is 11.3 Å². The van der Waals surface area contributed by atoms with Crippen LogP contribution in [0.25, 0.3) is 17.3 Å². The van der Waals surface area contributed by atoms with Crippen LogP contribution in [0.5, 0.6) is 0 Å². The van der Waals surface area contributed by atoms with Gasteiger partial charge in [-0.1, -0.05) is 59.6 Å². The number of thiazole rings is 1. The quantitative estimate of drug-likeness (QED) is 0.545. The topological polar surface area (TPSA) is 36.4 Å². The summed E-state index contributed by atoms with van der Waals surface area (Å²) in [6.07, 6.45) is 3.39. The highest BCUT2D eigenvalue weighted by Gasteiger charge is 2.21. The Bertz CT molecular complexity index is 1020. The maximum Gasteiger partial charge on any atom is 0.246 e. The Morgan fingerprint density at radius 3 is 2.52 bits per heavy atom. The third kappa shape index (κ3) is 4.69. The van der Waals surface area contributed by atoms with Crippen molar-refractivity contribution in [1.29, 1.82) is 0 Å². The molecular weight excluding hydrogens is 402 g/mol. The molecule has 0 radical (unpaired) electrons. The Kier molecular flexibility index (Phi) is 5.97. The number of carbonyl (C=O) groups is 1. The van der Waals surface area contributed by atoms with Gasteiger partial charge in [0.2, 0.25) is 5.91 Å². The highest BCUT2D eigenvalue weighted by Crippen LogP contribution is 2.28. The Morgan fingerprint density at radius 1 is 1.07 bits per heavy atom. The van der Waals surface area contributed by atoms with Gasteiger partial charge in [0, 0.05) is 48.2 Å². The standard InChI is InChI=1S/C23H22ClN3OS/c1-17-6-8-19(9-7-17)21-16-29-23(25-21)27-14-12-26(13-15-27)22(28)11-10-18-4-2-3-5-20(18)24/h2-11,16H,12-15H2,1H3/b11-10+. The number of benzene rings is 2. The molecule has 1 aromatic heterocycles. The van der Waals surface area contributed by atoms with Crippen molar-refractivity contribution in [2.24, 2.45) is 0 Å². The third-order valence-electron chi connectivity index (χ3n) is 5.01. The van der Waals surface area contributed by atoms with E-state index in [2.05, 4.69) is 41.5 Å². The zero-order chi connectivity index (χ0) is 20.2. The Balaban J connectivity index is 1.35. The first kappa shape index (κ1) is 19.7. The number of halogens is 1. The first-order valence-electron chi connectivity index (χ1n) is 9.59. The van der Waals surface area contributed by atoms with Gasteiger partial charge in [0.1, 0.15) is 0 Å². The van der Waals surface area contributed by atoms with Gasteiger partial charge in [-0.3, -0.25) is 4.79 Å². The van der Waals surface area contributed by atoms with Crippen LogP contribution in [0.4, 0.5) is 5.13 Å². The fourth-order valence-electron chi connectivity index (χ4n) is 3.26. The molecule has 0 atom stereocenters. The molecule has 0 unspecified atom stereocenters. The first-order valence-corrected chi connectivity index (χ1v) is 10.8. The Morgan fingerprint density at radius 2 is 1.79 bits per heavy atom. The van der Waals surface area contributed by atoms with Crippen molar-refractivity contribution in [1.82, 2.24) is 9.88 Å². The van der Waals surface area contributed by atoms with E-state index in [-0.39, 0.29) is 5.91 Å². The van der Waals surface area contributed by atoms with Crippen LogP contribution in [0.1, 0.15) is 11.1 Å². The van der Waals surface area contributed by atoms with E-state index < -0.39 is 0 Å². The summed E-state index contributed by atoms with van der Waals surface area (Å²) in [5.74, 6) is 0.0176. The van der Waals surface area contributed by atoms with Crippen molar-refractivity contribution in [2.75, 3.05) is 31.1 Å². The van der Waals surface area contributed by atoms with Crippen LogP contribution in [-0.2, 0) is 4.79 Å². The largest absolute Gasteiger partial charge is 0.345 e. The lowest BCUT2D eigenvalue weighted by molar-refractivity contribution is -0.126. The van der Waals surface area contributed by atoms with Crippen molar-refractivity contribution in [3.05, 3.63) is 76.1 Å². The molecule has 2 heterocycles. The van der Waals surface area contributed by atoms with Crippen molar-refractivity contribution in [3.63, 3.8) is 0 Å². The van der Waals surface area contributed by atoms with Gasteiger partial charge in [-0.25, -0.2) is 4.98 Å². The summed E-state index contributed by atoms with van der Waals surface area (Å²) in [6, 6.07) is 15.9. The summed E-state index contributed by atoms with van der Waals surface area (Å²) in [5.41, 5.74) is 4.24. The second-order valence-corrected chi connectivity index (χ2v) is 8.29. The molecule has 0 aliphatic carbocycles.